The van der Waals surface area contributed by atoms with E-state index in [1.54, 1.807) is 11.8 Å². The maximum atomic E-state index is 11.4. The van der Waals surface area contributed by atoms with E-state index in [-0.39, 0.29) is 11.9 Å². The van der Waals surface area contributed by atoms with E-state index in [9.17, 15) is 4.79 Å². The highest BCUT2D eigenvalue weighted by Gasteiger charge is 2.04. The van der Waals surface area contributed by atoms with Gasteiger partial charge in [0, 0.05) is 18.8 Å². The molecule has 94 valence electrons. The van der Waals surface area contributed by atoms with Crippen LogP contribution in [0.2, 0.25) is 0 Å². The Labute approximate surface area is 107 Å². The second kappa shape index (κ2) is 7.17. The standard InChI is InChI=1S/C12H19N3OS/c1-9(2)14-12(16)8-17-7-10-5-4-6-11(13-3)15-10/h4-6,9H,7-8H2,1-3H3,(H,13,15)(H,14,16). The van der Waals surface area contributed by atoms with Crippen LogP contribution in [0.5, 0.6) is 0 Å². The molecule has 1 heterocycles. The highest BCUT2D eigenvalue weighted by atomic mass is 32.2. The molecule has 0 aliphatic rings. The van der Waals surface area contributed by atoms with Gasteiger partial charge in [-0.05, 0) is 26.0 Å². The molecule has 0 aliphatic carbocycles. The van der Waals surface area contributed by atoms with E-state index in [2.05, 4.69) is 15.6 Å². The molecule has 1 amide bonds. The van der Waals surface area contributed by atoms with E-state index in [1.807, 2.05) is 39.1 Å². The van der Waals surface area contributed by atoms with Gasteiger partial charge >= 0.3 is 0 Å². The predicted octanol–water partition coefficient (Wildman–Crippen LogP) is 1.88. The van der Waals surface area contributed by atoms with Crippen LogP contribution in [-0.2, 0) is 10.5 Å². The molecule has 1 rings (SSSR count). The number of carbonyl (C=O) groups excluding carboxylic acids is 1. The Bertz CT molecular complexity index is 369. The number of thioether (sulfide) groups is 1. The van der Waals surface area contributed by atoms with Crippen LogP contribution >= 0.6 is 11.8 Å². The quantitative estimate of drug-likeness (QED) is 0.813. The van der Waals surface area contributed by atoms with E-state index in [0.29, 0.717) is 5.75 Å². The Hall–Kier alpha value is -1.23. The number of anilines is 1. The normalized spacial score (nSPS) is 10.4. The Morgan fingerprint density at radius 1 is 1.47 bits per heavy atom. The monoisotopic (exact) mass is 253 g/mol. The summed E-state index contributed by atoms with van der Waals surface area (Å²) < 4.78 is 0. The highest BCUT2D eigenvalue weighted by Crippen LogP contribution is 2.12. The Kier molecular flexibility index (Phi) is 5.83. The molecule has 0 fully saturated rings. The molecular formula is C12H19N3OS. The van der Waals surface area contributed by atoms with E-state index in [1.165, 1.54) is 0 Å². The molecule has 0 bridgehead atoms. The maximum absolute atomic E-state index is 11.4. The van der Waals surface area contributed by atoms with Gasteiger partial charge in [0.1, 0.15) is 5.82 Å². The first-order valence-electron chi connectivity index (χ1n) is 5.62. The van der Waals surface area contributed by atoms with Crippen LogP contribution < -0.4 is 10.6 Å². The second-order valence-electron chi connectivity index (χ2n) is 3.98. The summed E-state index contributed by atoms with van der Waals surface area (Å²) in [7, 11) is 1.84. The van der Waals surface area contributed by atoms with Crippen LogP contribution in [0.4, 0.5) is 5.82 Å². The smallest absolute Gasteiger partial charge is 0.230 e. The summed E-state index contributed by atoms with van der Waals surface area (Å²) >= 11 is 1.57. The summed E-state index contributed by atoms with van der Waals surface area (Å²) in [6.07, 6.45) is 0. The number of nitrogens with one attached hydrogen (secondary N) is 2. The molecule has 0 saturated heterocycles. The van der Waals surface area contributed by atoms with Crippen molar-refractivity contribution >= 4 is 23.5 Å². The first kappa shape index (κ1) is 13.8. The molecule has 0 aliphatic heterocycles. The minimum Gasteiger partial charge on any atom is -0.373 e. The third kappa shape index (κ3) is 5.58. The zero-order valence-electron chi connectivity index (χ0n) is 10.5. The third-order valence-electron chi connectivity index (χ3n) is 2.00. The number of hydrogen-bond donors (Lipinski definition) is 2. The lowest BCUT2D eigenvalue weighted by Gasteiger charge is -2.08. The van der Waals surface area contributed by atoms with Crippen molar-refractivity contribution in [2.75, 3.05) is 18.1 Å². The molecule has 2 N–H and O–H groups in total. The van der Waals surface area contributed by atoms with Crippen LogP contribution in [0.1, 0.15) is 19.5 Å². The van der Waals surface area contributed by atoms with Gasteiger partial charge in [-0.1, -0.05) is 6.07 Å². The van der Waals surface area contributed by atoms with E-state index < -0.39 is 0 Å². The summed E-state index contributed by atoms with van der Waals surface area (Å²) in [6, 6.07) is 6.05. The number of carbonyl (C=O) groups is 1. The number of hydrogen-bond acceptors (Lipinski definition) is 4. The van der Waals surface area contributed by atoms with E-state index in [0.717, 1.165) is 17.3 Å². The van der Waals surface area contributed by atoms with Crippen molar-refractivity contribution in [2.45, 2.75) is 25.6 Å². The second-order valence-corrected chi connectivity index (χ2v) is 4.96. The average Bonchev–Trinajstić information content (AvgIpc) is 2.28. The molecule has 4 nitrogen and oxygen atoms in total. The van der Waals surface area contributed by atoms with Crippen molar-refractivity contribution in [1.29, 1.82) is 0 Å². The minimum atomic E-state index is 0.0785. The Morgan fingerprint density at radius 2 is 2.24 bits per heavy atom. The summed E-state index contributed by atoms with van der Waals surface area (Å²) in [5, 5.41) is 5.85. The van der Waals surface area contributed by atoms with Crippen molar-refractivity contribution in [3.05, 3.63) is 23.9 Å². The topological polar surface area (TPSA) is 54.0 Å². The molecule has 0 unspecified atom stereocenters. The summed E-state index contributed by atoms with van der Waals surface area (Å²) in [4.78, 5) is 15.8. The molecule has 0 atom stereocenters. The van der Waals surface area contributed by atoms with Gasteiger partial charge in [0.2, 0.25) is 5.91 Å². The molecule has 0 saturated carbocycles. The molecule has 17 heavy (non-hydrogen) atoms. The zero-order valence-corrected chi connectivity index (χ0v) is 11.3. The van der Waals surface area contributed by atoms with E-state index in [4.69, 9.17) is 0 Å². The van der Waals surface area contributed by atoms with Crippen LogP contribution in [-0.4, -0.2) is 29.7 Å². The van der Waals surface area contributed by atoms with Crippen molar-refractivity contribution in [2.24, 2.45) is 0 Å². The van der Waals surface area contributed by atoms with E-state index >= 15 is 0 Å². The van der Waals surface area contributed by atoms with Gasteiger partial charge in [-0.25, -0.2) is 4.98 Å². The first-order valence-corrected chi connectivity index (χ1v) is 6.78. The molecule has 1 aromatic heterocycles. The molecule has 0 aromatic carbocycles. The van der Waals surface area contributed by atoms with Crippen molar-refractivity contribution in [3.63, 3.8) is 0 Å². The van der Waals surface area contributed by atoms with Crippen molar-refractivity contribution < 1.29 is 4.79 Å². The SMILES string of the molecule is CNc1cccc(CSCC(=O)NC(C)C)n1. The summed E-state index contributed by atoms with van der Waals surface area (Å²) in [5.41, 5.74) is 0.985. The molecular weight excluding hydrogens is 234 g/mol. The predicted molar refractivity (Wildman–Crippen MR) is 73.2 cm³/mol. The number of rotatable bonds is 6. The molecule has 5 heteroatoms. The average molecular weight is 253 g/mol. The van der Waals surface area contributed by atoms with Gasteiger partial charge in [0.25, 0.3) is 0 Å². The Morgan fingerprint density at radius 3 is 2.88 bits per heavy atom. The van der Waals surface area contributed by atoms with Crippen LogP contribution in [0.3, 0.4) is 0 Å². The summed E-state index contributed by atoms with van der Waals surface area (Å²) in [5.74, 6) is 2.16. The lowest BCUT2D eigenvalue weighted by molar-refractivity contribution is -0.119. The van der Waals surface area contributed by atoms with Crippen molar-refractivity contribution in [1.82, 2.24) is 10.3 Å². The fraction of sp³-hybridized carbons (Fsp3) is 0.500. The number of nitrogens with zero attached hydrogens (tertiary/aromatic N) is 1. The van der Waals surface area contributed by atoms with Crippen LogP contribution in [0, 0.1) is 0 Å². The number of amides is 1. The van der Waals surface area contributed by atoms with Gasteiger partial charge in [0.15, 0.2) is 0 Å². The van der Waals surface area contributed by atoms with Gasteiger partial charge in [0.05, 0.1) is 11.4 Å². The summed E-state index contributed by atoms with van der Waals surface area (Å²) in [6.45, 7) is 3.92. The lowest BCUT2D eigenvalue weighted by atomic mass is 10.4. The first-order chi connectivity index (χ1) is 8.11. The van der Waals surface area contributed by atoms with Crippen molar-refractivity contribution in [3.8, 4) is 0 Å². The van der Waals surface area contributed by atoms with Crippen LogP contribution in [0.15, 0.2) is 18.2 Å². The highest BCUT2D eigenvalue weighted by molar-refractivity contribution is 7.99. The van der Waals surface area contributed by atoms with Gasteiger partial charge in [-0.15, -0.1) is 11.8 Å². The maximum Gasteiger partial charge on any atom is 0.230 e. The minimum absolute atomic E-state index is 0.0785. The number of aromatic nitrogens is 1. The fourth-order valence-corrected chi connectivity index (χ4v) is 2.05. The molecule has 0 spiro atoms. The lowest BCUT2D eigenvalue weighted by Crippen LogP contribution is -2.31. The largest absolute Gasteiger partial charge is 0.373 e. The molecule has 0 radical (unpaired) electrons. The fourth-order valence-electron chi connectivity index (χ4n) is 1.31. The zero-order chi connectivity index (χ0) is 12.7. The van der Waals surface area contributed by atoms with Gasteiger partial charge in [-0.2, -0.15) is 0 Å². The van der Waals surface area contributed by atoms with Gasteiger partial charge in [-0.3, -0.25) is 4.79 Å². The molecule has 1 aromatic rings. The number of pyridine rings is 1. The Balaban J connectivity index is 2.32. The van der Waals surface area contributed by atoms with Gasteiger partial charge < -0.3 is 10.6 Å². The third-order valence-corrected chi connectivity index (χ3v) is 2.96. The van der Waals surface area contributed by atoms with Crippen LogP contribution in [0.25, 0.3) is 0 Å².